The number of carbonyl (C=O) groups is 1. The van der Waals surface area contributed by atoms with Gasteiger partial charge in [-0.15, -0.1) is 0 Å². The topological polar surface area (TPSA) is 58.4 Å². The molecular formula is C13H20N4O2. The van der Waals surface area contributed by atoms with Crippen LogP contribution in [0.15, 0.2) is 4.79 Å². The maximum absolute atomic E-state index is 12.5. The Balaban J connectivity index is 2.37. The summed E-state index contributed by atoms with van der Waals surface area (Å²) in [7, 11) is 3.61. The Morgan fingerprint density at radius 1 is 1.11 bits per heavy atom. The number of piperazine rings is 1. The molecule has 0 aliphatic carbocycles. The van der Waals surface area contributed by atoms with Crippen molar-refractivity contribution < 1.29 is 4.79 Å². The highest BCUT2D eigenvalue weighted by Gasteiger charge is 2.25. The summed E-state index contributed by atoms with van der Waals surface area (Å²) in [5, 5.41) is 4.10. The number of likely N-dealkylation sites (N-methyl/N-ethyl adjacent to an activating group) is 1. The lowest BCUT2D eigenvalue weighted by molar-refractivity contribution is 0.0660. The van der Waals surface area contributed by atoms with Crippen LogP contribution in [0.25, 0.3) is 0 Å². The van der Waals surface area contributed by atoms with E-state index in [2.05, 4.69) is 10.00 Å². The monoisotopic (exact) mass is 264 g/mol. The molecule has 1 fully saturated rings. The van der Waals surface area contributed by atoms with E-state index in [1.54, 1.807) is 18.9 Å². The van der Waals surface area contributed by atoms with E-state index < -0.39 is 0 Å². The maximum atomic E-state index is 12.5. The highest BCUT2D eigenvalue weighted by atomic mass is 16.2. The smallest absolute Gasteiger partial charge is 0.279 e. The Labute approximate surface area is 112 Å². The number of rotatable bonds is 1. The third-order valence-electron chi connectivity index (χ3n) is 3.73. The first-order valence-corrected chi connectivity index (χ1v) is 6.44. The van der Waals surface area contributed by atoms with Crippen molar-refractivity contribution in [3.8, 4) is 0 Å². The molecule has 2 rings (SSSR count). The second-order valence-electron chi connectivity index (χ2n) is 5.11. The van der Waals surface area contributed by atoms with Crippen LogP contribution in [0, 0.1) is 13.8 Å². The number of hydrogen-bond donors (Lipinski definition) is 0. The normalized spacial score (nSPS) is 16.7. The molecule has 2 heterocycles. The Morgan fingerprint density at radius 3 is 2.26 bits per heavy atom. The molecule has 1 aliphatic heterocycles. The predicted molar refractivity (Wildman–Crippen MR) is 72.4 cm³/mol. The molecular weight excluding hydrogens is 244 g/mol. The van der Waals surface area contributed by atoms with Crippen LogP contribution in [0.1, 0.15) is 21.6 Å². The molecule has 0 unspecified atom stereocenters. The maximum Gasteiger partial charge on any atom is 0.279 e. The number of nitrogens with zero attached hydrogens (tertiary/aromatic N) is 4. The van der Waals surface area contributed by atoms with Crippen molar-refractivity contribution in [3.05, 3.63) is 27.2 Å². The van der Waals surface area contributed by atoms with E-state index >= 15 is 0 Å². The van der Waals surface area contributed by atoms with Gasteiger partial charge in [0.2, 0.25) is 0 Å². The van der Waals surface area contributed by atoms with Crippen LogP contribution in [0.3, 0.4) is 0 Å². The van der Waals surface area contributed by atoms with E-state index in [0.717, 1.165) is 18.8 Å². The molecule has 0 atom stereocenters. The van der Waals surface area contributed by atoms with Gasteiger partial charge in [0.25, 0.3) is 11.5 Å². The third kappa shape index (κ3) is 2.53. The van der Waals surface area contributed by atoms with Crippen LogP contribution in [-0.4, -0.2) is 58.7 Å². The predicted octanol–water partition coefficient (Wildman–Crippen LogP) is -0.215. The summed E-state index contributed by atoms with van der Waals surface area (Å²) in [4.78, 5) is 28.6. The van der Waals surface area contributed by atoms with Gasteiger partial charge in [0.1, 0.15) is 5.56 Å². The van der Waals surface area contributed by atoms with Crippen molar-refractivity contribution in [2.45, 2.75) is 13.8 Å². The van der Waals surface area contributed by atoms with E-state index in [1.807, 2.05) is 14.0 Å². The fourth-order valence-corrected chi connectivity index (χ4v) is 2.27. The van der Waals surface area contributed by atoms with Gasteiger partial charge >= 0.3 is 0 Å². The quantitative estimate of drug-likeness (QED) is 0.704. The van der Waals surface area contributed by atoms with Crippen LogP contribution in [0.4, 0.5) is 0 Å². The average molecular weight is 264 g/mol. The molecule has 0 N–H and O–H groups in total. The van der Waals surface area contributed by atoms with Crippen molar-refractivity contribution in [2.75, 3.05) is 33.2 Å². The number of amides is 1. The summed E-state index contributed by atoms with van der Waals surface area (Å²) in [6, 6.07) is 0. The molecule has 104 valence electrons. The van der Waals surface area contributed by atoms with Gasteiger partial charge in [0, 0.05) is 33.2 Å². The Hall–Kier alpha value is -1.69. The molecule has 1 amide bonds. The minimum Gasteiger partial charge on any atom is -0.336 e. The van der Waals surface area contributed by atoms with Crippen molar-refractivity contribution >= 4 is 5.91 Å². The van der Waals surface area contributed by atoms with Crippen molar-refractivity contribution in [2.24, 2.45) is 7.05 Å². The summed E-state index contributed by atoms with van der Waals surface area (Å²) < 4.78 is 1.24. The second-order valence-corrected chi connectivity index (χ2v) is 5.11. The molecule has 1 aromatic rings. The molecule has 0 aromatic carbocycles. The number of aromatic nitrogens is 2. The van der Waals surface area contributed by atoms with Crippen LogP contribution in [0.2, 0.25) is 0 Å². The van der Waals surface area contributed by atoms with E-state index in [0.29, 0.717) is 18.7 Å². The number of hydrogen-bond acceptors (Lipinski definition) is 4. The van der Waals surface area contributed by atoms with Crippen LogP contribution < -0.4 is 5.56 Å². The Bertz CT molecular complexity index is 556. The molecule has 19 heavy (non-hydrogen) atoms. The lowest BCUT2D eigenvalue weighted by Crippen LogP contribution is -2.48. The second kappa shape index (κ2) is 5.13. The van der Waals surface area contributed by atoms with Crippen LogP contribution in [0.5, 0.6) is 0 Å². The SMILES string of the molecule is Cc1nn(C)c(=O)c(C(=O)N2CCN(C)CC2)c1C. The van der Waals surface area contributed by atoms with Crippen LogP contribution in [-0.2, 0) is 7.05 Å². The highest BCUT2D eigenvalue weighted by molar-refractivity contribution is 5.95. The van der Waals surface area contributed by atoms with Gasteiger partial charge in [-0.2, -0.15) is 5.10 Å². The van der Waals surface area contributed by atoms with E-state index in [1.165, 1.54) is 4.68 Å². The Morgan fingerprint density at radius 2 is 1.68 bits per heavy atom. The van der Waals surface area contributed by atoms with Gasteiger partial charge in [0.15, 0.2) is 0 Å². The minimum atomic E-state index is -0.313. The summed E-state index contributed by atoms with van der Waals surface area (Å²) >= 11 is 0. The summed E-state index contributed by atoms with van der Waals surface area (Å²) in [5.74, 6) is -0.170. The molecule has 6 heteroatoms. The zero-order chi connectivity index (χ0) is 14.2. The lowest BCUT2D eigenvalue weighted by Gasteiger charge is -2.32. The molecule has 0 saturated carbocycles. The molecule has 1 aliphatic rings. The van der Waals surface area contributed by atoms with Crippen molar-refractivity contribution in [3.63, 3.8) is 0 Å². The Kier molecular flexibility index (Phi) is 3.71. The summed E-state index contributed by atoms with van der Waals surface area (Å²) in [6.45, 7) is 6.62. The van der Waals surface area contributed by atoms with E-state index in [-0.39, 0.29) is 17.0 Å². The van der Waals surface area contributed by atoms with Gasteiger partial charge in [-0.05, 0) is 26.5 Å². The molecule has 0 spiro atoms. The minimum absolute atomic E-state index is 0.170. The number of aryl methyl sites for hydroxylation is 2. The standard InChI is InChI=1S/C13H20N4O2/c1-9-10(2)14-16(4)12(18)11(9)13(19)17-7-5-15(3)6-8-17/h5-8H2,1-4H3. The van der Waals surface area contributed by atoms with Gasteiger partial charge in [-0.25, -0.2) is 4.68 Å². The zero-order valence-electron chi connectivity index (χ0n) is 11.9. The van der Waals surface area contributed by atoms with Crippen LogP contribution >= 0.6 is 0 Å². The average Bonchev–Trinajstić information content (AvgIpc) is 2.37. The summed E-state index contributed by atoms with van der Waals surface area (Å²) in [5.41, 5.74) is 1.36. The fourth-order valence-electron chi connectivity index (χ4n) is 2.27. The molecule has 1 saturated heterocycles. The van der Waals surface area contributed by atoms with Gasteiger partial charge in [-0.3, -0.25) is 9.59 Å². The van der Waals surface area contributed by atoms with Crippen molar-refractivity contribution in [1.82, 2.24) is 19.6 Å². The first-order valence-electron chi connectivity index (χ1n) is 6.44. The fraction of sp³-hybridized carbons (Fsp3) is 0.615. The van der Waals surface area contributed by atoms with Crippen molar-refractivity contribution in [1.29, 1.82) is 0 Å². The first kappa shape index (κ1) is 13.7. The third-order valence-corrected chi connectivity index (χ3v) is 3.73. The van der Waals surface area contributed by atoms with E-state index in [4.69, 9.17) is 0 Å². The van der Waals surface area contributed by atoms with Gasteiger partial charge in [-0.1, -0.05) is 0 Å². The first-order chi connectivity index (χ1) is 8.91. The largest absolute Gasteiger partial charge is 0.336 e. The molecule has 0 radical (unpaired) electrons. The van der Waals surface area contributed by atoms with E-state index in [9.17, 15) is 9.59 Å². The molecule has 0 bridgehead atoms. The highest BCUT2D eigenvalue weighted by Crippen LogP contribution is 2.11. The van der Waals surface area contributed by atoms with Gasteiger partial charge < -0.3 is 9.80 Å². The number of carbonyl (C=O) groups excluding carboxylic acids is 1. The summed E-state index contributed by atoms with van der Waals surface area (Å²) in [6.07, 6.45) is 0. The van der Waals surface area contributed by atoms with Gasteiger partial charge in [0.05, 0.1) is 5.69 Å². The zero-order valence-corrected chi connectivity index (χ0v) is 11.9. The molecule has 1 aromatic heterocycles. The lowest BCUT2D eigenvalue weighted by atomic mass is 10.1. The molecule has 6 nitrogen and oxygen atoms in total.